The number of Topliss-reactive ketones (excluding diaryl/α,β-unsaturated/α-hetero) is 1. The highest BCUT2D eigenvalue weighted by molar-refractivity contribution is 5.96. The molecule has 0 aromatic carbocycles. The summed E-state index contributed by atoms with van der Waals surface area (Å²) in [4.78, 5) is 11.0. The maximum absolute atomic E-state index is 11.0. The first-order valence-electron chi connectivity index (χ1n) is 5.04. The lowest BCUT2D eigenvalue weighted by Crippen LogP contribution is -2.11. The molecule has 0 aliphatic heterocycles. The molecule has 0 bridgehead atoms. The molecule has 0 spiro atoms. The minimum Gasteiger partial charge on any atom is -0.295 e. The van der Waals surface area contributed by atoms with Crippen LogP contribution in [0, 0.1) is 11.8 Å². The van der Waals surface area contributed by atoms with Crippen molar-refractivity contribution in [3.05, 3.63) is 23.8 Å². The number of allylic oxidation sites excluding steroid dienone is 4. The highest BCUT2D eigenvalue weighted by Gasteiger charge is 2.15. The van der Waals surface area contributed by atoms with Gasteiger partial charge < -0.3 is 0 Å². The van der Waals surface area contributed by atoms with Crippen molar-refractivity contribution >= 4 is 5.78 Å². The van der Waals surface area contributed by atoms with Gasteiger partial charge in [-0.05, 0) is 25.2 Å². The van der Waals surface area contributed by atoms with Gasteiger partial charge in [0.15, 0.2) is 5.78 Å². The molecule has 0 heterocycles. The van der Waals surface area contributed by atoms with Gasteiger partial charge >= 0.3 is 0 Å². The second kappa shape index (κ2) is 4.40. The monoisotopic (exact) mass is 178 g/mol. The Hall–Kier alpha value is -0.850. The zero-order valence-electron chi connectivity index (χ0n) is 8.71. The minimum atomic E-state index is 0.179. The summed E-state index contributed by atoms with van der Waals surface area (Å²) in [7, 11) is 0. The van der Waals surface area contributed by atoms with Crippen molar-refractivity contribution in [1.82, 2.24) is 0 Å². The maximum atomic E-state index is 11.0. The number of carbonyl (C=O) groups excluding carboxylic acids is 1. The summed E-state index contributed by atoms with van der Waals surface area (Å²) < 4.78 is 0. The predicted molar refractivity (Wildman–Crippen MR) is 55.5 cm³/mol. The topological polar surface area (TPSA) is 17.1 Å². The van der Waals surface area contributed by atoms with E-state index in [1.54, 1.807) is 6.92 Å². The zero-order chi connectivity index (χ0) is 9.84. The average Bonchev–Trinajstić information content (AvgIpc) is 2.17. The van der Waals surface area contributed by atoms with E-state index in [0.29, 0.717) is 5.92 Å². The summed E-state index contributed by atoms with van der Waals surface area (Å²) >= 11 is 0. The van der Waals surface area contributed by atoms with Crippen molar-refractivity contribution in [3.8, 4) is 0 Å². The normalized spacial score (nSPS) is 23.9. The molecule has 1 nitrogen and oxygen atoms in total. The highest BCUT2D eigenvalue weighted by Crippen LogP contribution is 2.25. The largest absolute Gasteiger partial charge is 0.295 e. The summed E-state index contributed by atoms with van der Waals surface area (Å²) in [5.74, 6) is 1.54. The van der Waals surface area contributed by atoms with Crippen LogP contribution >= 0.6 is 0 Å². The van der Waals surface area contributed by atoms with Gasteiger partial charge in [0, 0.05) is 5.57 Å². The van der Waals surface area contributed by atoms with Gasteiger partial charge in [-0.3, -0.25) is 4.79 Å². The van der Waals surface area contributed by atoms with Crippen molar-refractivity contribution in [2.24, 2.45) is 11.8 Å². The molecule has 0 fully saturated rings. The van der Waals surface area contributed by atoms with E-state index in [9.17, 15) is 4.79 Å². The van der Waals surface area contributed by atoms with E-state index in [2.05, 4.69) is 26.0 Å². The van der Waals surface area contributed by atoms with Crippen molar-refractivity contribution in [2.45, 2.75) is 33.6 Å². The van der Waals surface area contributed by atoms with E-state index in [0.717, 1.165) is 17.9 Å². The van der Waals surface area contributed by atoms with Crippen molar-refractivity contribution in [3.63, 3.8) is 0 Å². The third-order valence-corrected chi connectivity index (χ3v) is 2.91. The number of rotatable bonds is 3. The lowest BCUT2D eigenvalue weighted by molar-refractivity contribution is -0.113. The quantitative estimate of drug-likeness (QED) is 0.649. The number of ketones is 1. The summed E-state index contributed by atoms with van der Waals surface area (Å²) in [6.45, 7) is 6.10. The summed E-state index contributed by atoms with van der Waals surface area (Å²) in [6.07, 6.45) is 8.46. The van der Waals surface area contributed by atoms with Crippen LogP contribution in [-0.4, -0.2) is 5.78 Å². The fourth-order valence-electron chi connectivity index (χ4n) is 1.62. The van der Waals surface area contributed by atoms with Crippen molar-refractivity contribution in [1.29, 1.82) is 0 Å². The summed E-state index contributed by atoms with van der Waals surface area (Å²) in [6, 6.07) is 0. The molecule has 0 radical (unpaired) electrons. The first kappa shape index (κ1) is 10.2. The Labute approximate surface area is 80.5 Å². The van der Waals surface area contributed by atoms with Gasteiger partial charge in [-0.25, -0.2) is 0 Å². The van der Waals surface area contributed by atoms with E-state index in [1.807, 2.05) is 6.08 Å². The molecule has 0 aromatic heterocycles. The van der Waals surface area contributed by atoms with Crippen LogP contribution in [0.25, 0.3) is 0 Å². The number of hydrogen-bond acceptors (Lipinski definition) is 1. The standard InChI is InChI=1S/C12H18O/c1-4-9(2)11-5-7-12(8-6-11)10(3)13/h5,7-9,11H,4,6H2,1-3H3. The van der Waals surface area contributed by atoms with Gasteiger partial charge in [0.25, 0.3) is 0 Å². The molecule has 13 heavy (non-hydrogen) atoms. The van der Waals surface area contributed by atoms with Crippen molar-refractivity contribution in [2.75, 3.05) is 0 Å². The van der Waals surface area contributed by atoms with Crippen LogP contribution in [0.15, 0.2) is 23.8 Å². The second-order valence-electron chi connectivity index (χ2n) is 3.86. The Morgan fingerprint density at radius 3 is 2.77 bits per heavy atom. The van der Waals surface area contributed by atoms with Crippen LogP contribution in [0.3, 0.4) is 0 Å². The molecule has 1 aliphatic carbocycles. The zero-order valence-corrected chi connectivity index (χ0v) is 8.71. The lowest BCUT2D eigenvalue weighted by atomic mass is 9.84. The van der Waals surface area contributed by atoms with Gasteiger partial charge in [-0.15, -0.1) is 0 Å². The molecule has 72 valence electrons. The molecule has 1 heteroatoms. The third kappa shape index (κ3) is 2.55. The first-order valence-corrected chi connectivity index (χ1v) is 5.04. The number of carbonyl (C=O) groups is 1. The average molecular weight is 178 g/mol. The van der Waals surface area contributed by atoms with Crippen LogP contribution in [-0.2, 0) is 4.79 Å². The van der Waals surface area contributed by atoms with Gasteiger partial charge in [0.1, 0.15) is 0 Å². The van der Waals surface area contributed by atoms with Gasteiger partial charge in [-0.1, -0.05) is 38.5 Å². The summed E-state index contributed by atoms with van der Waals surface area (Å²) in [5, 5.41) is 0. The Morgan fingerprint density at radius 1 is 1.69 bits per heavy atom. The third-order valence-electron chi connectivity index (χ3n) is 2.91. The van der Waals surface area contributed by atoms with E-state index in [1.165, 1.54) is 6.42 Å². The van der Waals surface area contributed by atoms with Crippen LogP contribution in [0.1, 0.15) is 33.6 Å². The number of hydrogen-bond donors (Lipinski definition) is 0. The Bertz CT molecular complexity index is 248. The molecule has 0 saturated heterocycles. The molecular weight excluding hydrogens is 160 g/mol. The molecule has 2 atom stereocenters. The maximum Gasteiger partial charge on any atom is 0.159 e. The highest BCUT2D eigenvalue weighted by atomic mass is 16.1. The van der Waals surface area contributed by atoms with Gasteiger partial charge in [-0.2, -0.15) is 0 Å². The molecule has 0 saturated carbocycles. The van der Waals surface area contributed by atoms with Crippen LogP contribution < -0.4 is 0 Å². The molecule has 1 aliphatic rings. The fraction of sp³-hybridized carbons (Fsp3) is 0.583. The van der Waals surface area contributed by atoms with E-state index in [4.69, 9.17) is 0 Å². The first-order chi connectivity index (χ1) is 6.15. The second-order valence-corrected chi connectivity index (χ2v) is 3.86. The van der Waals surface area contributed by atoms with E-state index >= 15 is 0 Å². The van der Waals surface area contributed by atoms with E-state index in [-0.39, 0.29) is 5.78 Å². The Balaban J connectivity index is 2.58. The van der Waals surface area contributed by atoms with Crippen LogP contribution in [0.5, 0.6) is 0 Å². The molecular formula is C12H18O. The SMILES string of the molecule is CCC(C)C1C=CC(C(C)=O)=CC1. The smallest absolute Gasteiger partial charge is 0.159 e. The molecule has 0 N–H and O–H groups in total. The minimum absolute atomic E-state index is 0.179. The molecule has 2 unspecified atom stereocenters. The Kier molecular flexibility index (Phi) is 3.47. The molecule has 0 aromatic rings. The Morgan fingerprint density at radius 2 is 2.38 bits per heavy atom. The van der Waals surface area contributed by atoms with Gasteiger partial charge in [0.2, 0.25) is 0 Å². The lowest BCUT2D eigenvalue weighted by Gasteiger charge is -2.20. The van der Waals surface area contributed by atoms with Crippen molar-refractivity contribution < 1.29 is 4.79 Å². The molecule has 1 rings (SSSR count). The van der Waals surface area contributed by atoms with Crippen LogP contribution in [0.4, 0.5) is 0 Å². The fourth-order valence-corrected chi connectivity index (χ4v) is 1.62. The van der Waals surface area contributed by atoms with Gasteiger partial charge in [0.05, 0.1) is 0 Å². The van der Waals surface area contributed by atoms with Crippen LogP contribution in [0.2, 0.25) is 0 Å². The molecule has 0 amide bonds. The predicted octanol–water partition coefficient (Wildman–Crippen LogP) is 3.12. The summed E-state index contributed by atoms with van der Waals surface area (Å²) in [5.41, 5.74) is 0.875. The van der Waals surface area contributed by atoms with E-state index < -0.39 is 0 Å².